The molecule has 88 valence electrons. The SMILES string of the molecule is CNCc1ccc(N2CCC(O)C2)cc1C. The van der Waals surface area contributed by atoms with Crippen molar-refractivity contribution in [3.05, 3.63) is 29.3 Å². The summed E-state index contributed by atoms with van der Waals surface area (Å²) >= 11 is 0. The fourth-order valence-electron chi connectivity index (χ4n) is 2.24. The summed E-state index contributed by atoms with van der Waals surface area (Å²) in [6.07, 6.45) is 0.731. The number of hydrogen-bond acceptors (Lipinski definition) is 3. The number of nitrogens with zero attached hydrogens (tertiary/aromatic N) is 1. The van der Waals surface area contributed by atoms with Crippen molar-refractivity contribution in [1.29, 1.82) is 0 Å². The first kappa shape index (κ1) is 11.4. The summed E-state index contributed by atoms with van der Waals surface area (Å²) in [6.45, 7) is 4.79. The first-order valence-corrected chi connectivity index (χ1v) is 5.88. The predicted molar refractivity (Wildman–Crippen MR) is 66.8 cm³/mol. The standard InChI is InChI=1S/C13H20N2O/c1-10-7-12(4-3-11(10)8-14-2)15-6-5-13(16)9-15/h3-4,7,13-14,16H,5-6,8-9H2,1-2H3. The van der Waals surface area contributed by atoms with E-state index in [1.54, 1.807) is 0 Å². The number of nitrogens with one attached hydrogen (secondary N) is 1. The van der Waals surface area contributed by atoms with Crippen LogP contribution in [0.5, 0.6) is 0 Å². The second-order valence-electron chi connectivity index (χ2n) is 4.53. The minimum Gasteiger partial charge on any atom is -0.391 e. The Morgan fingerprint density at radius 3 is 2.88 bits per heavy atom. The van der Waals surface area contributed by atoms with Crippen molar-refractivity contribution < 1.29 is 5.11 Å². The molecule has 2 N–H and O–H groups in total. The summed E-state index contributed by atoms with van der Waals surface area (Å²) < 4.78 is 0. The maximum absolute atomic E-state index is 9.52. The second kappa shape index (κ2) is 4.85. The van der Waals surface area contributed by atoms with Gasteiger partial charge in [0.2, 0.25) is 0 Å². The zero-order chi connectivity index (χ0) is 11.5. The lowest BCUT2D eigenvalue weighted by molar-refractivity contribution is 0.198. The van der Waals surface area contributed by atoms with Crippen molar-refractivity contribution >= 4 is 5.69 Å². The highest BCUT2D eigenvalue weighted by Gasteiger charge is 2.20. The van der Waals surface area contributed by atoms with Crippen LogP contribution >= 0.6 is 0 Å². The van der Waals surface area contributed by atoms with E-state index in [2.05, 4.69) is 35.3 Å². The number of hydrogen-bond donors (Lipinski definition) is 2. The smallest absolute Gasteiger partial charge is 0.0731 e. The van der Waals surface area contributed by atoms with Crippen molar-refractivity contribution in [1.82, 2.24) is 5.32 Å². The lowest BCUT2D eigenvalue weighted by Crippen LogP contribution is -2.21. The van der Waals surface area contributed by atoms with Gasteiger partial charge in [-0.25, -0.2) is 0 Å². The van der Waals surface area contributed by atoms with E-state index < -0.39 is 0 Å². The highest BCUT2D eigenvalue weighted by atomic mass is 16.3. The largest absolute Gasteiger partial charge is 0.391 e. The molecule has 1 saturated heterocycles. The van der Waals surface area contributed by atoms with Crippen LogP contribution < -0.4 is 10.2 Å². The molecule has 0 radical (unpaired) electrons. The van der Waals surface area contributed by atoms with Gasteiger partial charge in [0.25, 0.3) is 0 Å². The van der Waals surface area contributed by atoms with E-state index >= 15 is 0 Å². The van der Waals surface area contributed by atoms with Gasteiger partial charge in [0.05, 0.1) is 6.10 Å². The van der Waals surface area contributed by atoms with Crippen molar-refractivity contribution in [3.63, 3.8) is 0 Å². The molecule has 16 heavy (non-hydrogen) atoms. The lowest BCUT2D eigenvalue weighted by Gasteiger charge is -2.19. The molecule has 1 atom stereocenters. The predicted octanol–water partition coefficient (Wildman–Crippen LogP) is 1.29. The molecule has 1 fully saturated rings. The van der Waals surface area contributed by atoms with Gasteiger partial charge in [-0.15, -0.1) is 0 Å². The second-order valence-corrected chi connectivity index (χ2v) is 4.53. The molecule has 0 amide bonds. The van der Waals surface area contributed by atoms with Gasteiger partial charge in [-0.05, 0) is 43.7 Å². The maximum Gasteiger partial charge on any atom is 0.0731 e. The molecule has 1 aromatic rings. The van der Waals surface area contributed by atoms with Crippen LogP contribution in [0.25, 0.3) is 0 Å². The molecule has 3 nitrogen and oxygen atoms in total. The Hall–Kier alpha value is -1.06. The number of β-amino-alcohol motifs (C(OH)–C–C–N with tert-alkyl or cyclic N) is 1. The molecule has 0 saturated carbocycles. The van der Waals surface area contributed by atoms with Crippen molar-refractivity contribution in [2.24, 2.45) is 0 Å². The highest BCUT2D eigenvalue weighted by Crippen LogP contribution is 2.23. The molecule has 3 heteroatoms. The molecule has 2 rings (SSSR count). The summed E-state index contributed by atoms with van der Waals surface area (Å²) in [7, 11) is 1.96. The van der Waals surface area contributed by atoms with E-state index in [0.717, 1.165) is 26.1 Å². The van der Waals surface area contributed by atoms with Gasteiger partial charge in [-0.3, -0.25) is 0 Å². The molecule has 0 bridgehead atoms. The maximum atomic E-state index is 9.52. The molecule has 0 aliphatic carbocycles. The molecule has 0 spiro atoms. The normalized spacial score (nSPS) is 20.4. The molecule has 1 heterocycles. The quantitative estimate of drug-likeness (QED) is 0.805. The summed E-state index contributed by atoms with van der Waals surface area (Å²) in [4.78, 5) is 2.25. The Morgan fingerprint density at radius 2 is 2.31 bits per heavy atom. The molecule has 1 aliphatic heterocycles. The van der Waals surface area contributed by atoms with Gasteiger partial charge < -0.3 is 15.3 Å². The lowest BCUT2D eigenvalue weighted by atomic mass is 10.1. The van der Waals surface area contributed by atoms with E-state index in [0.29, 0.717) is 0 Å². The van der Waals surface area contributed by atoms with E-state index in [4.69, 9.17) is 0 Å². The van der Waals surface area contributed by atoms with Crippen molar-refractivity contribution in [3.8, 4) is 0 Å². The Bertz CT molecular complexity index is 365. The van der Waals surface area contributed by atoms with Gasteiger partial charge in [0, 0.05) is 25.3 Å². The average Bonchev–Trinajstić information content (AvgIpc) is 2.68. The number of benzene rings is 1. The minimum atomic E-state index is -0.155. The summed E-state index contributed by atoms with van der Waals surface area (Å²) in [5.74, 6) is 0. The van der Waals surface area contributed by atoms with Crippen LogP contribution in [-0.2, 0) is 6.54 Å². The minimum absolute atomic E-state index is 0.155. The molecular formula is C13H20N2O. The first-order chi connectivity index (χ1) is 7.70. The Kier molecular flexibility index (Phi) is 3.46. The van der Waals surface area contributed by atoms with Crippen LogP contribution in [0, 0.1) is 6.92 Å². The fourth-order valence-corrected chi connectivity index (χ4v) is 2.24. The molecule has 1 aromatic carbocycles. The molecule has 1 unspecified atom stereocenters. The zero-order valence-electron chi connectivity index (χ0n) is 10.0. The number of rotatable bonds is 3. The van der Waals surface area contributed by atoms with E-state index in [-0.39, 0.29) is 6.10 Å². The van der Waals surface area contributed by atoms with Crippen LogP contribution in [0.3, 0.4) is 0 Å². The first-order valence-electron chi connectivity index (χ1n) is 5.88. The monoisotopic (exact) mass is 220 g/mol. The van der Waals surface area contributed by atoms with Gasteiger partial charge in [0.15, 0.2) is 0 Å². The van der Waals surface area contributed by atoms with Gasteiger partial charge in [0.1, 0.15) is 0 Å². The summed E-state index contributed by atoms with van der Waals surface area (Å²) in [6, 6.07) is 6.54. The van der Waals surface area contributed by atoms with E-state index in [1.807, 2.05) is 7.05 Å². The van der Waals surface area contributed by atoms with Crippen molar-refractivity contribution in [2.75, 3.05) is 25.0 Å². The van der Waals surface area contributed by atoms with Crippen LogP contribution in [0.2, 0.25) is 0 Å². The Balaban J connectivity index is 2.14. The summed E-state index contributed by atoms with van der Waals surface area (Å²) in [5.41, 5.74) is 3.88. The molecule has 0 aromatic heterocycles. The van der Waals surface area contributed by atoms with Crippen LogP contribution in [0.4, 0.5) is 5.69 Å². The van der Waals surface area contributed by atoms with Crippen LogP contribution in [0.15, 0.2) is 18.2 Å². The molecule has 1 aliphatic rings. The fraction of sp³-hybridized carbons (Fsp3) is 0.538. The topological polar surface area (TPSA) is 35.5 Å². The number of anilines is 1. The van der Waals surface area contributed by atoms with Gasteiger partial charge >= 0.3 is 0 Å². The number of aliphatic hydroxyl groups excluding tert-OH is 1. The zero-order valence-corrected chi connectivity index (χ0v) is 10.0. The molecular weight excluding hydrogens is 200 g/mol. The van der Waals surface area contributed by atoms with Gasteiger partial charge in [-0.2, -0.15) is 0 Å². The Morgan fingerprint density at radius 1 is 1.50 bits per heavy atom. The summed E-state index contributed by atoms with van der Waals surface area (Å²) in [5, 5.41) is 12.7. The third kappa shape index (κ3) is 2.36. The third-order valence-electron chi connectivity index (χ3n) is 3.22. The van der Waals surface area contributed by atoms with Crippen molar-refractivity contribution in [2.45, 2.75) is 26.0 Å². The average molecular weight is 220 g/mol. The number of aryl methyl sites for hydroxylation is 1. The van der Waals surface area contributed by atoms with E-state index in [9.17, 15) is 5.11 Å². The van der Waals surface area contributed by atoms with Crippen LogP contribution in [-0.4, -0.2) is 31.3 Å². The van der Waals surface area contributed by atoms with Crippen LogP contribution in [0.1, 0.15) is 17.5 Å². The third-order valence-corrected chi connectivity index (χ3v) is 3.22. The number of aliphatic hydroxyl groups is 1. The van der Waals surface area contributed by atoms with Gasteiger partial charge in [-0.1, -0.05) is 6.07 Å². The van der Waals surface area contributed by atoms with E-state index in [1.165, 1.54) is 16.8 Å². The Labute approximate surface area is 97.1 Å². The highest BCUT2D eigenvalue weighted by molar-refractivity contribution is 5.51.